The zero-order valence-electron chi connectivity index (χ0n) is 18.7. The summed E-state index contributed by atoms with van der Waals surface area (Å²) in [7, 11) is 1.64. The van der Waals surface area contributed by atoms with Crippen LogP contribution >= 0.6 is 11.8 Å². The maximum absolute atomic E-state index is 12.3. The third-order valence-corrected chi connectivity index (χ3v) is 5.23. The molecule has 0 fully saturated rings. The maximum atomic E-state index is 12.3. The molecule has 2 heterocycles. The molecule has 2 aromatic carbocycles. The molecular weight excluding hydrogens is 456 g/mol. The number of nitrogens with zero attached hydrogens (tertiary/aromatic N) is 4. The summed E-state index contributed by atoms with van der Waals surface area (Å²) in [6, 6.07) is 13.4. The Kier molecular flexibility index (Phi) is 9.04. The van der Waals surface area contributed by atoms with Crippen molar-refractivity contribution < 1.29 is 13.5 Å². The second-order valence-electron chi connectivity index (χ2n) is 6.82. The van der Waals surface area contributed by atoms with Crippen LogP contribution in [-0.2, 0) is 0 Å². The molecule has 6 nitrogen and oxygen atoms in total. The molecule has 0 unspecified atom stereocenters. The second-order valence-corrected chi connectivity index (χ2v) is 7.72. The Balaban J connectivity index is 0.000000302. The fraction of sp³-hybridized carbons (Fsp3) is 0.120. The maximum Gasteiger partial charge on any atom is 0.163 e. The van der Waals surface area contributed by atoms with Crippen molar-refractivity contribution in [2.75, 3.05) is 18.3 Å². The number of thioether (sulfide) groups is 1. The van der Waals surface area contributed by atoms with Crippen molar-refractivity contribution in [1.29, 1.82) is 0 Å². The van der Waals surface area contributed by atoms with Gasteiger partial charge in [0.25, 0.3) is 0 Å². The van der Waals surface area contributed by atoms with Gasteiger partial charge in [-0.15, -0.1) is 11.8 Å². The lowest BCUT2D eigenvalue weighted by Gasteiger charge is -2.11. The first-order valence-electron chi connectivity index (χ1n) is 10.2. The summed E-state index contributed by atoms with van der Waals surface area (Å²) in [5.41, 5.74) is 1.79. The molecule has 0 bridgehead atoms. The number of pyridine rings is 1. The first-order valence-corrected chi connectivity index (χ1v) is 11.2. The number of hydrogen-bond donors (Lipinski definition) is 1. The largest absolute Gasteiger partial charge is 0.497 e. The van der Waals surface area contributed by atoms with E-state index < -0.39 is 11.6 Å². The van der Waals surface area contributed by atoms with Crippen LogP contribution in [0.2, 0.25) is 0 Å². The third-order valence-electron chi connectivity index (χ3n) is 4.61. The van der Waals surface area contributed by atoms with E-state index >= 15 is 0 Å². The lowest BCUT2D eigenvalue weighted by Crippen LogP contribution is -2.03. The number of fused-ring (bicyclic) bond motifs is 1. The minimum Gasteiger partial charge on any atom is -0.497 e. The van der Waals surface area contributed by atoms with Crippen molar-refractivity contribution in [1.82, 2.24) is 15.0 Å². The van der Waals surface area contributed by atoms with E-state index in [0.717, 1.165) is 28.0 Å². The molecule has 2 aromatic heterocycles. The molecule has 4 rings (SSSR count). The van der Waals surface area contributed by atoms with Crippen LogP contribution in [0.4, 0.5) is 14.6 Å². The fourth-order valence-corrected chi connectivity index (χ4v) is 3.31. The van der Waals surface area contributed by atoms with Crippen LogP contribution in [0.5, 0.6) is 5.75 Å². The van der Waals surface area contributed by atoms with Gasteiger partial charge in [0.05, 0.1) is 18.5 Å². The highest BCUT2D eigenvalue weighted by atomic mass is 32.2. The van der Waals surface area contributed by atoms with Gasteiger partial charge in [-0.3, -0.25) is 9.98 Å². The van der Waals surface area contributed by atoms with Crippen LogP contribution in [0.3, 0.4) is 0 Å². The summed E-state index contributed by atoms with van der Waals surface area (Å²) < 4.78 is 30.0. The first-order chi connectivity index (χ1) is 16.5. The van der Waals surface area contributed by atoms with Crippen LogP contribution in [0.15, 0.2) is 77.5 Å². The standard InChI is InChI=1S/C18H17N5OS.C7H6F2/c1-19-8-9-25-12-21-18-15-10-14(24-2)5-6-16(15)22-17(23-18)13-4-3-7-20-11-13;1-5-6(8)3-2-4-7(5)9/h3-11H,1,12H2,2H3,(H,21,22,23);2-4H,1H3/b9-8-;. The molecule has 0 saturated carbocycles. The molecular formula is C25H23F2N5OS. The minimum absolute atomic E-state index is 0.0810. The molecule has 0 amide bonds. The van der Waals surface area contributed by atoms with Crippen molar-refractivity contribution in [3.8, 4) is 17.1 Å². The van der Waals surface area contributed by atoms with Crippen LogP contribution in [0.25, 0.3) is 22.3 Å². The zero-order valence-corrected chi connectivity index (χ0v) is 19.5. The van der Waals surface area contributed by atoms with Gasteiger partial charge in [-0.05, 0) is 61.5 Å². The molecule has 0 radical (unpaired) electrons. The van der Waals surface area contributed by atoms with Gasteiger partial charge in [-0.2, -0.15) is 0 Å². The number of halogens is 2. The monoisotopic (exact) mass is 479 g/mol. The quantitative estimate of drug-likeness (QED) is 0.192. The number of aliphatic imine (C=N–C) groups is 1. The van der Waals surface area contributed by atoms with Crippen LogP contribution in [-0.4, -0.2) is 34.7 Å². The minimum atomic E-state index is -0.491. The highest BCUT2D eigenvalue weighted by Crippen LogP contribution is 2.28. The summed E-state index contributed by atoms with van der Waals surface area (Å²) >= 11 is 1.56. The molecule has 0 aliphatic rings. The molecule has 0 atom stereocenters. The van der Waals surface area contributed by atoms with Crippen molar-refractivity contribution in [3.05, 3.63) is 89.7 Å². The smallest absolute Gasteiger partial charge is 0.163 e. The van der Waals surface area contributed by atoms with Crippen LogP contribution < -0.4 is 10.1 Å². The number of methoxy groups -OCH3 is 1. The molecule has 9 heteroatoms. The normalized spacial score (nSPS) is 10.6. The number of benzene rings is 2. The first kappa shape index (κ1) is 24.8. The lowest BCUT2D eigenvalue weighted by molar-refractivity contribution is 0.415. The average molecular weight is 480 g/mol. The number of aromatic nitrogens is 3. The molecule has 0 aliphatic carbocycles. The molecule has 0 aliphatic heterocycles. The molecule has 1 N–H and O–H groups in total. The Morgan fingerprint density at radius 2 is 1.91 bits per heavy atom. The van der Waals surface area contributed by atoms with E-state index in [1.807, 2.05) is 35.7 Å². The second kappa shape index (κ2) is 12.4. The Labute approximate surface area is 200 Å². The van der Waals surface area contributed by atoms with Gasteiger partial charge in [-0.1, -0.05) is 6.07 Å². The van der Waals surface area contributed by atoms with E-state index in [0.29, 0.717) is 11.7 Å². The predicted octanol–water partition coefficient (Wildman–Crippen LogP) is 6.25. The van der Waals surface area contributed by atoms with E-state index in [9.17, 15) is 8.78 Å². The van der Waals surface area contributed by atoms with Gasteiger partial charge in [0.1, 0.15) is 23.2 Å². The Bertz CT molecular complexity index is 1270. The van der Waals surface area contributed by atoms with Crippen molar-refractivity contribution in [3.63, 3.8) is 0 Å². The van der Waals surface area contributed by atoms with E-state index in [2.05, 4.69) is 32.0 Å². The van der Waals surface area contributed by atoms with Crippen LogP contribution in [0, 0.1) is 18.6 Å². The van der Waals surface area contributed by atoms with Crippen LogP contribution in [0.1, 0.15) is 5.56 Å². The summed E-state index contributed by atoms with van der Waals surface area (Å²) in [6.07, 6.45) is 5.13. The summed E-state index contributed by atoms with van der Waals surface area (Å²) in [5.74, 6) is 1.79. The zero-order chi connectivity index (χ0) is 24.3. The van der Waals surface area contributed by atoms with Gasteiger partial charge in [0.2, 0.25) is 0 Å². The predicted molar refractivity (Wildman–Crippen MR) is 135 cm³/mol. The summed E-state index contributed by atoms with van der Waals surface area (Å²) in [4.78, 5) is 17.1. The van der Waals surface area contributed by atoms with Gasteiger partial charge in [-0.25, -0.2) is 18.7 Å². The van der Waals surface area contributed by atoms with Gasteiger partial charge in [0.15, 0.2) is 5.82 Å². The number of rotatable bonds is 7. The Morgan fingerprint density at radius 3 is 2.56 bits per heavy atom. The van der Waals surface area contributed by atoms with Gasteiger partial charge >= 0.3 is 0 Å². The molecule has 34 heavy (non-hydrogen) atoms. The number of ether oxygens (including phenoxy) is 1. The van der Waals surface area contributed by atoms with Gasteiger partial charge < -0.3 is 10.1 Å². The third kappa shape index (κ3) is 6.58. The average Bonchev–Trinajstić information content (AvgIpc) is 2.87. The highest BCUT2D eigenvalue weighted by Gasteiger charge is 2.10. The fourth-order valence-electron chi connectivity index (χ4n) is 2.82. The highest BCUT2D eigenvalue weighted by molar-refractivity contribution is 8.02. The van der Waals surface area contributed by atoms with Crippen molar-refractivity contribution >= 4 is 35.2 Å². The van der Waals surface area contributed by atoms with E-state index in [1.54, 1.807) is 37.5 Å². The lowest BCUT2D eigenvalue weighted by atomic mass is 10.2. The molecule has 0 spiro atoms. The molecule has 4 aromatic rings. The van der Waals surface area contributed by atoms with E-state index in [-0.39, 0.29) is 5.56 Å². The van der Waals surface area contributed by atoms with Crippen molar-refractivity contribution in [2.24, 2.45) is 4.99 Å². The number of hydrogen-bond acceptors (Lipinski definition) is 7. The topological polar surface area (TPSA) is 72.3 Å². The Morgan fingerprint density at radius 1 is 1.12 bits per heavy atom. The van der Waals surface area contributed by atoms with Crippen molar-refractivity contribution in [2.45, 2.75) is 6.92 Å². The molecule has 0 saturated heterocycles. The molecule has 174 valence electrons. The summed E-state index contributed by atoms with van der Waals surface area (Å²) in [5, 5.41) is 6.10. The van der Waals surface area contributed by atoms with Gasteiger partial charge in [0, 0.05) is 35.1 Å². The SMILES string of the molecule is C=N/C=C\SCNc1nc(-c2cccnc2)nc2ccc(OC)cc12.Cc1c(F)cccc1F. The summed E-state index contributed by atoms with van der Waals surface area (Å²) in [6.45, 7) is 4.82. The van der Waals surface area contributed by atoms with E-state index in [4.69, 9.17) is 4.74 Å². The number of nitrogens with one attached hydrogen (secondary N) is 1. The number of anilines is 1. The Hall–Kier alpha value is -3.85. The van der Waals surface area contributed by atoms with E-state index in [1.165, 1.54) is 25.1 Å².